The molecule has 0 aliphatic heterocycles. The first-order chi connectivity index (χ1) is 9.77. The number of methoxy groups -OCH3 is 1. The highest BCUT2D eigenvalue weighted by Gasteiger charge is 2.08. The first-order valence-electron chi connectivity index (χ1n) is 7.33. The molecule has 0 aliphatic carbocycles. The van der Waals surface area contributed by atoms with E-state index in [9.17, 15) is 4.39 Å². The van der Waals surface area contributed by atoms with Crippen molar-refractivity contribution in [3.8, 4) is 0 Å². The molecule has 0 saturated heterocycles. The Hall–Kier alpha value is -0.970. The second kappa shape index (κ2) is 10.8. The second-order valence-corrected chi connectivity index (χ2v) is 4.78. The predicted molar refractivity (Wildman–Crippen MR) is 79.4 cm³/mol. The fraction of sp³-hybridized carbons (Fsp3) is 0.625. The lowest BCUT2D eigenvalue weighted by atomic mass is 10.0. The van der Waals surface area contributed by atoms with Crippen LogP contribution in [0.3, 0.4) is 0 Å². The fourth-order valence-corrected chi connectivity index (χ4v) is 2.07. The van der Waals surface area contributed by atoms with Gasteiger partial charge in [0, 0.05) is 19.8 Å². The van der Waals surface area contributed by atoms with Gasteiger partial charge in [0.1, 0.15) is 5.82 Å². The van der Waals surface area contributed by atoms with E-state index in [1.54, 1.807) is 19.2 Å². The van der Waals surface area contributed by atoms with Gasteiger partial charge in [-0.25, -0.2) is 4.39 Å². The first-order valence-corrected chi connectivity index (χ1v) is 7.33. The molecule has 1 atom stereocenters. The van der Waals surface area contributed by atoms with Gasteiger partial charge in [0.25, 0.3) is 0 Å². The maximum Gasteiger partial charge on any atom is 0.123 e. The van der Waals surface area contributed by atoms with Gasteiger partial charge in [0.2, 0.25) is 0 Å². The summed E-state index contributed by atoms with van der Waals surface area (Å²) in [7, 11) is 1.67. The molecule has 0 heterocycles. The van der Waals surface area contributed by atoms with Gasteiger partial charge in [-0.1, -0.05) is 19.1 Å². The molecule has 114 valence electrons. The van der Waals surface area contributed by atoms with Crippen molar-refractivity contribution in [2.24, 2.45) is 0 Å². The van der Waals surface area contributed by atoms with Gasteiger partial charge in [-0.15, -0.1) is 0 Å². The Kier molecular flexibility index (Phi) is 9.20. The van der Waals surface area contributed by atoms with E-state index >= 15 is 0 Å². The minimum Gasteiger partial charge on any atom is -0.382 e. The number of ether oxygens (including phenoxy) is 2. The van der Waals surface area contributed by atoms with E-state index in [2.05, 4.69) is 12.2 Å². The molecule has 3 nitrogen and oxygen atoms in total. The summed E-state index contributed by atoms with van der Waals surface area (Å²) in [5.41, 5.74) is 1.02. The second-order valence-electron chi connectivity index (χ2n) is 4.78. The largest absolute Gasteiger partial charge is 0.382 e. The maximum atomic E-state index is 13.2. The van der Waals surface area contributed by atoms with Crippen LogP contribution < -0.4 is 5.32 Å². The van der Waals surface area contributed by atoms with E-state index in [1.165, 1.54) is 6.07 Å². The van der Waals surface area contributed by atoms with Crippen LogP contribution in [0.15, 0.2) is 24.3 Å². The molecular weight excluding hydrogens is 257 g/mol. The number of unbranched alkanes of at least 4 members (excludes halogenated alkanes) is 1. The molecule has 1 N–H and O–H groups in total. The number of benzene rings is 1. The Bertz CT molecular complexity index is 360. The van der Waals surface area contributed by atoms with Crippen LogP contribution in [-0.2, 0) is 9.47 Å². The quantitative estimate of drug-likeness (QED) is 0.632. The van der Waals surface area contributed by atoms with E-state index in [0.717, 1.165) is 38.0 Å². The van der Waals surface area contributed by atoms with E-state index in [4.69, 9.17) is 9.47 Å². The summed E-state index contributed by atoms with van der Waals surface area (Å²) in [6.07, 6.45) is 3.03. The molecule has 4 heteroatoms. The monoisotopic (exact) mass is 283 g/mol. The summed E-state index contributed by atoms with van der Waals surface area (Å²) >= 11 is 0. The Morgan fingerprint density at radius 3 is 2.75 bits per heavy atom. The van der Waals surface area contributed by atoms with Crippen molar-refractivity contribution in [2.45, 2.75) is 32.2 Å². The van der Waals surface area contributed by atoms with Gasteiger partial charge in [-0.3, -0.25) is 0 Å². The molecule has 0 spiro atoms. The zero-order chi connectivity index (χ0) is 14.6. The number of nitrogens with one attached hydrogen (secondary N) is 1. The van der Waals surface area contributed by atoms with Gasteiger partial charge in [-0.05, 0) is 43.5 Å². The average molecular weight is 283 g/mol. The topological polar surface area (TPSA) is 30.5 Å². The molecule has 0 radical (unpaired) electrons. The molecular formula is C16H26FNO2. The van der Waals surface area contributed by atoms with Crippen molar-refractivity contribution in [2.75, 3.05) is 33.5 Å². The third kappa shape index (κ3) is 6.98. The standard InChI is InChI=1S/C16H26FNO2/c1-3-16(14-7-6-8-15(17)13-14)18-9-4-5-10-20-12-11-19-2/h6-8,13,16,18H,3-5,9-12H2,1-2H3. The van der Waals surface area contributed by atoms with Crippen molar-refractivity contribution < 1.29 is 13.9 Å². The van der Waals surface area contributed by atoms with Crippen molar-refractivity contribution in [3.63, 3.8) is 0 Å². The maximum absolute atomic E-state index is 13.2. The lowest BCUT2D eigenvalue weighted by molar-refractivity contribution is 0.0687. The van der Waals surface area contributed by atoms with Crippen LogP contribution in [0.2, 0.25) is 0 Å². The van der Waals surface area contributed by atoms with Crippen molar-refractivity contribution in [1.82, 2.24) is 5.32 Å². The number of hydrogen-bond acceptors (Lipinski definition) is 3. The van der Waals surface area contributed by atoms with Crippen molar-refractivity contribution in [3.05, 3.63) is 35.6 Å². The molecule has 0 aliphatic rings. The molecule has 0 amide bonds. The Labute approximate surface area is 121 Å². The van der Waals surface area contributed by atoms with Gasteiger partial charge >= 0.3 is 0 Å². The van der Waals surface area contributed by atoms with Crippen LogP contribution in [-0.4, -0.2) is 33.5 Å². The number of hydrogen-bond donors (Lipinski definition) is 1. The molecule has 0 aromatic heterocycles. The minimum atomic E-state index is -0.172. The molecule has 0 saturated carbocycles. The fourth-order valence-electron chi connectivity index (χ4n) is 2.07. The normalized spacial score (nSPS) is 12.6. The summed E-state index contributed by atoms with van der Waals surface area (Å²) in [6.45, 7) is 5.10. The minimum absolute atomic E-state index is 0.172. The zero-order valence-corrected chi connectivity index (χ0v) is 12.5. The van der Waals surface area contributed by atoms with Crippen molar-refractivity contribution in [1.29, 1.82) is 0 Å². The molecule has 20 heavy (non-hydrogen) atoms. The first kappa shape index (κ1) is 17.1. The molecule has 1 aromatic carbocycles. The van der Waals surface area contributed by atoms with Gasteiger partial charge < -0.3 is 14.8 Å². The lowest BCUT2D eigenvalue weighted by Crippen LogP contribution is -2.22. The highest BCUT2D eigenvalue weighted by molar-refractivity contribution is 5.19. The third-order valence-electron chi connectivity index (χ3n) is 3.20. The Morgan fingerprint density at radius 2 is 2.05 bits per heavy atom. The highest BCUT2D eigenvalue weighted by atomic mass is 19.1. The number of rotatable bonds is 11. The predicted octanol–water partition coefficient (Wildman–Crippen LogP) is 3.31. The SMILES string of the molecule is CCC(NCCCCOCCOC)c1cccc(F)c1. The van der Waals surface area contributed by atoms with Gasteiger partial charge in [0.05, 0.1) is 13.2 Å². The van der Waals surface area contributed by atoms with Crippen LogP contribution in [0.5, 0.6) is 0 Å². The van der Waals surface area contributed by atoms with E-state index < -0.39 is 0 Å². The van der Waals surface area contributed by atoms with E-state index in [1.807, 2.05) is 6.07 Å². The highest BCUT2D eigenvalue weighted by Crippen LogP contribution is 2.17. The van der Waals surface area contributed by atoms with Crippen LogP contribution in [0.25, 0.3) is 0 Å². The van der Waals surface area contributed by atoms with Crippen LogP contribution in [0.1, 0.15) is 37.8 Å². The van der Waals surface area contributed by atoms with Crippen LogP contribution >= 0.6 is 0 Å². The summed E-state index contributed by atoms with van der Waals surface area (Å²) in [5.74, 6) is -0.172. The van der Waals surface area contributed by atoms with Crippen LogP contribution in [0, 0.1) is 5.82 Å². The number of halogens is 1. The summed E-state index contributed by atoms with van der Waals surface area (Å²) in [6, 6.07) is 7.04. The third-order valence-corrected chi connectivity index (χ3v) is 3.20. The summed E-state index contributed by atoms with van der Waals surface area (Å²) in [4.78, 5) is 0. The van der Waals surface area contributed by atoms with Gasteiger partial charge in [0.15, 0.2) is 0 Å². The summed E-state index contributed by atoms with van der Waals surface area (Å²) in [5, 5.41) is 3.47. The van der Waals surface area contributed by atoms with E-state index in [0.29, 0.717) is 13.2 Å². The average Bonchev–Trinajstić information content (AvgIpc) is 2.46. The smallest absolute Gasteiger partial charge is 0.123 e. The van der Waals surface area contributed by atoms with Crippen LogP contribution in [0.4, 0.5) is 4.39 Å². The summed E-state index contributed by atoms with van der Waals surface area (Å²) < 4.78 is 23.5. The zero-order valence-electron chi connectivity index (χ0n) is 12.5. The van der Waals surface area contributed by atoms with E-state index in [-0.39, 0.29) is 11.9 Å². The Balaban J connectivity index is 2.16. The van der Waals surface area contributed by atoms with Gasteiger partial charge in [-0.2, -0.15) is 0 Å². The Morgan fingerprint density at radius 1 is 1.20 bits per heavy atom. The molecule has 1 aromatic rings. The molecule has 0 fully saturated rings. The molecule has 1 rings (SSSR count). The molecule has 0 bridgehead atoms. The molecule has 1 unspecified atom stereocenters. The lowest BCUT2D eigenvalue weighted by Gasteiger charge is -2.17. The van der Waals surface area contributed by atoms with Crippen molar-refractivity contribution >= 4 is 0 Å².